The van der Waals surface area contributed by atoms with Gasteiger partial charge >= 0.3 is 0 Å². The van der Waals surface area contributed by atoms with Crippen LogP contribution in [-0.2, 0) is 0 Å². The van der Waals surface area contributed by atoms with Crippen LogP contribution >= 0.6 is 43.2 Å². The van der Waals surface area contributed by atoms with Crippen LogP contribution in [0.15, 0.2) is 26.5 Å². The molecule has 0 aliphatic rings. The van der Waals surface area contributed by atoms with Crippen LogP contribution < -0.4 is 4.74 Å². The number of carbonyl (C=O) groups is 1. The molecule has 1 aromatic carbocycles. The molecule has 0 unspecified atom stereocenters. The summed E-state index contributed by atoms with van der Waals surface area (Å²) in [5, 5.41) is 0. The quantitative estimate of drug-likeness (QED) is 0.664. The number of ether oxygens (including phenoxy) is 1. The highest BCUT2D eigenvalue weighted by Gasteiger charge is 2.19. The maximum Gasteiger partial charge on any atom is 0.206 e. The fourth-order valence-electron chi connectivity index (χ4n) is 1.71. The molecule has 2 aromatic rings. The van der Waals surface area contributed by atoms with Crippen LogP contribution in [0.5, 0.6) is 5.75 Å². The van der Waals surface area contributed by atoms with Crippen LogP contribution in [0.1, 0.15) is 26.4 Å². The van der Waals surface area contributed by atoms with Gasteiger partial charge in [-0.3, -0.25) is 4.79 Å². The Morgan fingerprint density at radius 3 is 2.37 bits per heavy atom. The first-order chi connectivity index (χ1) is 8.93. The first-order valence-electron chi connectivity index (χ1n) is 5.58. The number of thiophene rings is 1. The molecular weight excluding hydrogens is 392 g/mol. The van der Waals surface area contributed by atoms with E-state index in [0.717, 1.165) is 19.4 Å². The van der Waals surface area contributed by atoms with Crippen LogP contribution in [-0.4, -0.2) is 12.9 Å². The molecule has 5 heteroatoms. The van der Waals surface area contributed by atoms with Crippen molar-refractivity contribution in [1.82, 2.24) is 0 Å². The molecule has 0 aliphatic heterocycles. The van der Waals surface area contributed by atoms with Gasteiger partial charge in [-0.15, -0.1) is 11.3 Å². The minimum absolute atomic E-state index is 0.0173. The van der Waals surface area contributed by atoms with Gasteiger partial charge in [0.25, 0.3) is 0 Å². The van der Waals surface area contributed by atoms with Gasteiger partial charge in [0.15, 0.2) is 0 Å². The molecule has 0 saturated heterocycles. The van der Waals surface area contributed by atoms with E-state index >= 15 is 0 Å². The number of methoxy groups -OCH3 is 1. The van der Waals surface area contributed by atoms with E-state index in [0.29, 0.717) is 16.2 Å². The van der Waals surface area contributed by atoms with Crippen molar-refractivity contribution in [3.63, 3.8) is 0 Å². The minimum atomic E-state index is -0.0173. The van der Waals surface area contributed by atoms with E-state index < -0.39 is 0 Å². The molecule has 1 aromatic heterocycles. The average molecular weight is 404 g/mol. The zero-order valence-electron chi connectivity index (χ0n) is 10.7. The van der Waals surface area contributed by atoms with Crippen molar-refractivity contribution in [3.8, 4) is 5.75 Å². The second-order valence-electron chi connectivity index (χ2n) is 4.20. The van der Waals surface area contributed by atoms with Gasteiger partial charge in [0.1, 0.15) is 5.75 Å². The molecule has 0 N–H and O–H groups in total. The topological polar surface area (TPSA) is 26.3 Å². The van der Waals surface area contributed by atoms with E-state index in [9.17, 15) is 4.79 Å². The summed E-state index contributed by atoms with van der Waals surface area (Å²) < 4.78 is 7.21. The molecule has 0 amide bonds. The lowest BCUT2D eigenvalue weighted by Gasteiger charge is -2.09. The summed E-state index contributed by atoms with van der Waals surface area (Å²) in [6, 6.07) is 5.58. The molecule has 2 nitrogen and oxygen atoms in total. The monoisotopic (exact) mass is 402 g/mol. The first-order valence-corrected chi connectivity index (χ1v) is 7.99. The van der Waals surface area contributed by atoms with Gasteiger partial charge in [-0.05, 0) is 59.1 Å². The molecule has 0 aliphatic carbocycles. The summed E-state index contributed by atoms with van der Waals surface area (Å²) in [6.07, 6.45) is 0. The Labute approximate surface area is 133 Å². The molecule has 0 saturated carbocycles. The Bertz CT molecular complexity index is 628. The maximum atomic E-state index is 12.5. The predicted octanol–water partition coefficient (Wildman–Crippen LogP) is 5.13. The Balaban J connectivity index is 2.52. The van der Waals surface area contributed by atoms with Gasteiger partial charge in [0.2, 0.25) is 5.78 Å². The van der Waals surface area contributed by atoms with Crippen molar-refractivity contribution >= 4 is 49.0 Å². The van der Waals surface area contributed by atoms with Crippen molar-refractivity contribution in [1.29, 1.82) is 0 Å². The molecule has 2 rings (SSSR count). The lowest BCUT2D eigenvalue weighted by Crippen LogP contribution is -2.03. The zero-order valence-corrected chi connectivity index (χ0v) is 14.7. The summed E-state index contributed by atoms with van der Waals surface area (Å²) in [5.41, 5.74) is 2.68. The molecule has 100 valence electrons. The van der Waals surface area contributed by atoms with Gasteiger partial charge < -0.3 is 4.74 Å². The maximum absolute atomic E-state index is 12.5. The third-order valence-electron chi connectivity index (χ3n) is 2.81. The van der Waals surface area contributed by atoms with Crippen LogP contribution in [0.2, 0.25) is 0 Å². The summed E-state index contributed by atoms with van der Waals surface area (Å²) in [5.74, 6) is 0.587. The van der Waals surface area contributed by atoms with E-state index in [1.807, 2.05) is 32.0 Å². The van der Waals surface area contributed by atoms with Crippen LogP contribution in [0.3, 0.4) is 0 Å². The van der Waals surface area contributed by atoms with Crippen molar-refractivity contribution in [2.24, 2.45) is 0 Å². The van der Waals surface area contributed by atoms with Gasteiger partial charge in [-0.25, -0.2) is 0 Å². The molecule has 0 radical (unpaired) electrons. The number of rotatable bonds is 3. The Kier molecular flexibility index (Phi) is 4.48. The van der Waals surface area contributed by atoms with Crippen molar-refractivity contribution < 1.29 is 9.53 Å². The van der Waals surface area contributed by atoms with E-state index in [-0.39, 0.29) is 5.78 Å². The van der Waals surface area contributed by atoms with Crippen molar-refractivity contribution in [3.05, 3.63) is 48.0 Å². The molecular formula is C14H12Br2O2S. The lowest BCUT2D eigenvalue weighted by molar-refractivity contribution is 0.103. The lowest BCUT2D eigenvalue weighted by atomic mass is 10.1. The second kappa shape index (κ2) is 5.77. The third kappa shape index (κ3) is 2.93. The second-order valence-corrected chi connectivity index (χ2v) is 7.42. The van der Waals surface area contributed by atoms with Gasteiger partial charge in [0.05, 0.1) is 21.3 Å². The van der Waals surface area contributed by atoms with E-state index in [2.05, 4.69) is 31.9 Å². The third-order valence-corrected chi connectivity index (χ3v) is 5.80. The highest BCUT2D eigenvalue weighted by molar-refractivity contribution is 9.11. The van der Waals surface area contributed by atoms with Gasteiger partial charge in [-0.2, -0.15) is 0 Å². The Morgan fingerprint density at radius 1 is 1.16 bits per heavy atom. The minimum Gasteiger partial charge on any atom is -0.496 e. The molecule has 0 bridgehead atoms. The zero-order chi connectivity index (χ0) is 14.2. The molecule has 0 spiro atoms. The number of benzene rings is 1. The van der Waals surface area contributed by atoms with Gasteiger partial charge in [0, 0.05) is 4.47 Å². The number of halogens is 2. The summed E-state index contributed by atoms with van der Waals surface area (Å²) in [6.45, 7) is 3.94. The largest absolute Gasteiger partial charge is 0.496 e. The first kappa shape index (κ1) is 14.8. The summed E-state index contributed by atoms with van der Waals surface area (Å²) in [4.78, 5) is 13.3. The number of carbonyl (C=O) groups excluding carboxylic acids is 1. The Morgan fingerprint density at radius 2 is 1.84 bits per heavy atom. The number of ketones is 1. The summed E-state index contributed by atoms with van der Waals surface area (Å²) in [7, 11) is 1.58. The smallest absolute Gasteiger partial charge is 0.206 e. The van der Waals surface area contributed by atoms with Crippen LogP contribution in [0, 0.1) is 13.8 Å². The molecule has 0 fully saturated rings. The van der Waals surface area contributed by atoms with Crippen molar-refractivity contribution in [2.45, 2.75) is 13.8 Å². The van der Waals surface area contributed by atoms with Crippen molar-refractivity contribution in [2.75, 3.05) is 7.11 Å². The van der Waals surface area contributed by atoms with E-state index in [1.54, 1.807) is 7.11 Å². The van der Waals surface area contributed by atoms with Gasteiger partial charge in [-0.1, -0.05) is 15.9 Å². The number of aryl methyl sites for hydroxylation is 2. The van der Waals surface area contributed by atoms with E-state index in [1.165, 1.54) is 11.3 Å². The molecule has 19 heavy (non-hydrogen) atoms. The molecule has 1 heterocycles. The normalized spacial score (nSPS) is 10.6. The highest BCUT2D eigenvalue weighted by Crippen LogP contribution is 2.33. The van der Waals surface area contributed by atoms with E-state index in [4.69, 9.17) is 4.74 Å². The van der Waals surface area contributed by atoms with Crippen LogP contribution in [0.25, 0.3) is 0 Å². The number of hydrogen-bond donors (Lipinski definition) is 0. The summed E-state index contributed by atoms with van der Waals surface area (Å²) >= 11 is 8.34. The Hall–Kier alpha value is -0.650. The fourth-order valence-corrected chi connectivity index (χ4v) is 3.54. The fraction of sp³-hybridized carbons (Fsp3) is 0.214. The SMILES string of the molecule is COc1cc(C)c(Br)cc1C(=O)c1cc(C)c(Br)s1. The average Bonchev–Trinajstić information content (AvgIpc) is 2.71. The highest BCUT2D eigenvalue weighted by atomic mass is 79.9. The molecule has 0 atom stereocenters. The van der Waals surface area contributed by atoms with Crippen LogP contribution in [0.4, 0.5) is 0 Å². The standard InChI is InChI=1S/C14H12Br2O2S/c1-7-4-11(18-3)9(6-10(7)15)13(17)12-5-8(2)14(16)19-12/h4-6H,1-3H3. The number of hydrogen-bond acceptors (Lipinski definition) is 3. The predicted molar refractivity (Wildman–Crippen MR) is 85.6 cm³/mol.